The first-order valence-electron chi connectivity index (χ1n) is 2.66. The second kappa shape index (κ2) is 3.44. The van der Waals surface area contributed by atoms with Crippen LogP contribution in [0.2, 0.25) is 0 Å². The van der Waals surface area contributed by atoms with Gasteiger partial charge in [-0.25, -0.2) is 9.97 Å². The fraction of sp³-hybridized carbons (Fsp3) is 0.200. The highest BCUT2D eigenvalue weighted by molar-refractivity contribution is 14.1. The second-order valence-electron chi connectivity index (χ2n) is 1.83. The topological polar surface area (TPSA) is 25.8 Å². The van der Waals surface area contributed by atoms with Crippen molar-refractivity contribution in [2.24, 2.45) is 0 Å². The van der Waals surface area contributed by atoms with E-state index in [9.17, 15) is 13.2 Å². The maximum Gasteiger partial charge on any atom is 0.434 e. The highest BCUT2D eigenvalue weighted by Gasteiger charge is 2.35. The third-order valence-electron chi connectivity index (χ3n) is 0.983. The molecule has 0 unspecified atom stereocenters. The monoisotopic (exact) mass is 352 g/mol. The maximum atomic E-state index is 12.1. The SMILES string of the molecule is FC(F)(F)c1nc(Br)ncc1I. The molecule has 0 amide bonds. The molecule has 2 nitrogen and oxygen atoms in total. The van der Waals surface area contributed by atoms with E-state index in [1.54, 1.807) is 0 Å². The standard InChI is InChI=1S/C5HBrF3IN2/c6-4-11-1-2(10)3(12-4)5(7,8)9/h1H. The Bertz CT molecular complexity index is 301. The van der Waals surface area contributed by atoms with E-state index in [2.05, 4.69) is 25.9 Å². The molecule has 0 atom stereocenters. The van der Waals surface area contributed by atoms with Gasteiger partial charge in [-0.2, -0.15) is 13.2 Å². The van der Waals surface area contributed by atoms with Crippen LogP contribution in [-0.2, 0) is 6.18 Å². The average Bonchev–Trinajstić information content (AvgIpc) is 1.92. The van der Waals surface area contributed by atoms with Crippen molar-refractivity contribution >= 4 is 38.5 Å². The van der Waals surface area contributed by atoms with Crippen LogP contribution in [0.15, 0.2) is 10.9 Å². The maximum absolute atomic E-state index is 12.1. The van der Waals surface area contributed by atoms with Crippen molar-refractivity contribution in [3.8, 4) is 0 Å². The lowest BCUT2D eigenvalue weighted by Gasteiger charge is -2.06. The molecule has 1 rings (SSSR count). The van der Waals surface area contributed by atoms with Crippen LogP contribution in [0.25, 0.3) is 0 Å². The van der Waals surface area contributed by atoms with Crippen LogP contribution in [0.4, 0.5) is 13.2 Å². The molecule has 1 aromatic rings. The van der Waals surface area contributed by atoms with Crippen LogP contribution < -0.4 is 0 Å². The van der Waals surface area contributed by atoms with Crippen molar-refractivity contribution in [2.75, 3.05) is 0 Å². The molecule has 0 saturated heterocycles. The number of halogens is 5. The summed E-state index contributed by atoms with van der Waals surface area (Å²) >= 11 is 4.30. The zero-order valence-corrected chi connectivity index (χ0v) is 9.11. The Labute approximate surface area is 87.9 Å². The van der Waals surface area contributed by atoms with E-state index in [0.717, 1.165) is 6.20 Å². The molecule has 66 valence electrons. The Morgan fingerprint density at radius 2 is 2.00 bits per heavy atom. The summed E-state index contributed by atoms with van der Waals surface area (Å²) < 4.78 is 36.3. The van der Waals surface area contributed by atoms with Crippen LogP contribution in [0, 0.1) is 3.57 Å². The molecule has 0 aliphatic carbocycles. The van der Waals surface area contributed by atoms with Crippen molar-refractivity contribution < 1.29 is 13.2 Å². The van der Waals surface area contributed by atoms with Gasteiger partial charge in [0.15, 0.2) is 10.4 Å². The summed E-state index contributed by atoms with van der Waals surface area (Å²) in [5.74, 6) is 0. The van der Waals surface area contributed by atoms with E-state index < -0.39 is 11.9 Å². The fourth-order valence-corrected chi connectivity index (χ4v) is 1.39. The van der Waals surface area contributed by atoms with Crippen molar-refractivity contribution in [1.82, 2.24) is 9.97 Å². The third kappa shape index (κ3) is 2.28. The minimum Gasteiger partial charge on any atom is -0.230 e. The zero-order valence-electron chi connectivity index (χ0n) is 5.36. The van der Waals surface area contributed by atoms with Crippen LogP contribution in [0.5, 0.6) is 0 Å². The normalized spacial score (nSPS) is 11.8. The van der Waals surface area contributed by atoms with Crippen LogP contribution in [0.3, 0.4) is 0 Å². The number of alkyl halides is 3. The Hall–Kier alpha value is 0.0800. The molecule has 0 aliphatic heterocycles. The van der Waals surface area contributed by atoms with Crippen LogP contribution >= 0.6 is 38.5 Å². The first-order chi connectivity index (χ1) is 5.41. The molecular weight excluding hydrogens is 352 g/mol. The molecule has 0 N–H and O–H groups in total. The van der Waals surface area contributed by atoms with Gasteiger partial charge < -0.3 is 0 Å². The quantitative estimate of drug-likeness (QED) is 0.530. The van der Waals surface area contributed by atoms with Crippen LogP contribution in [0.1, 0.15) is 5.69 Å². The highest BCUT2D eigenvalue weighted by Crippen LogP contribution is 2.31. The summed E-state index contributed by atoms with van der Waals surface area (Å²) in [4.78, 5) is 6.77. The molecule has 0 spiro atoms. The van der Waals surface area contributed by atoms with Gasteiger partial charge in [0, 0.05) is 6.20 Å². The third-order valence-corrected chi connectivity index (χ3v) is 2.15. The van der Waals surface area contributed by atoms with Gasteiger partial charge in [0.25, 0.3) is 0 Å². The Balaban J connectivity index is 3.23. The van der Waals surface area contributed by atoms with E-state index in [-0.39, 0.29) is 8.30 Å². The van der Waals surface area contributed by atoms with Crippen molar-refractivity contribution in [3.63, 3.8) is 0 Å². The molecule has 0 fully saturated rings. The number of rotatable bonds is 0. The van der Waals surface area contributed by atoms with Crippen molar-refractivity contribution in [2.45, 2.75) is 6.18 Å². The summed E-state index contributed by atoms with van der Waals surface area (Å²) in [6.07, 6.45) is -3.30. The van der Waals surface area contributed by atoms with E-state index in [1.165, 1.54) is 22.6 Å². The molecule has 1 aromatic heterocycles. The Morgan fingerprint density at radius 1 is 1.42 bits per heavy atom. The van der Waals surface area contributed by atoms with Gasteiger partial charge in [-0.05, 0) is 38.5 Å². The number of hydrogen-bond donors (Lipinski definition) is 0. The molecule has 0 bridgehead atoms. The summed E-state index contributed by atoms with van der Waals surface area (Å²) in [6.45, 7) is 0. The summed E-state index contributed by atoms with van der Waals surface area (Å²) in [6, 6.07) is 0. The van der Waals surface area contributed by atoms with Gasteiger partial charge in [0.05, 0.1) is 3.57 Å². The van der Waals surface area contributed by atoms with Gasteiger partial charge in [-0.1, -0.05) is 0 Å². The lowest BCUT2D eigenvalue weighted by atomic mass is 10.4. The predicted molar refractivity (Wildman–Crippen MR) is 47.5 cm³/mol. The molecule has 0 aliphatic rings. The smallest absolute Gasteiger partial charge is 0.230 e. The molecule has 0 aromatic carbocycles. The number of aromatic nitrogens is 2. The van der Waals surface area contributed by atoms with Gasteiger partial charge in [0.1, 0.15) is 0 Å². The summed E-state index contributed by atoms with van der Waals surface area (Å²) in [5.41, 5.74) is -0.912. The Kier molecular flexibility index (Phi) is 2.92. The molecule has 7 heteroatoms. The first-order valence-corrected chi connectivity index (χ1v) is 4.53. The van der Waals surface area contributed by atoms with Crippen LogP contribution in [-0.4, -0.2) is 9.97 Å². The van der Waals surface area contributed by atoms with E-state index in [1.807, 2.05) is 0 Å². The molecule has 12 heavy (non-hydrogen) atoms. The first kappa shape index (κ1) is 10.2. The van der Waals surface area contributed by atoms with Crippen molar-refractivity contribution in [1.29, 1.82) is 0 Å². The lowest BCUT2D eigenvalue weighted by Crippen LogP contribution is -2.11. The molecule has 0 radical (unpaired) electrons. The van der Waals surface area contributed by atoms with Gasteiger partial charge in [0.2, 0.25) is 0 Å². The van der Waals surface area contributed by atoms with Crippen molar-refractivity contribution in [3.05, 3.63) is 20.2 Å². The molecule has 1 heterocycles. The van der Waals surface area contributed by atoms with Gasteiger partial charge in [-0.3, -0.25) is 0 Å². The second-order valence-corrected chi connectivity index (χ2v) is 3.70. The van der Waals surface area contributed by atoms with E-state index >= 15 is 0 Å². The molecular formula is C5HBrF3IN2. The Morgan fingerprint density at radius 3 is 2.42 bits per heavy atom. The summed E-state index contributed by atoms with van der Waals surface area (Å²) in [5, 5.41) is 0. The van der Waals surface area contributed by atoms with Gasteiger partial charge >= 0.3 is 6.18 Å². The van der Waals surface area contributed by atoms with E-state index in [0.29, 0.717) is 0 Å². The number of nitrogens with zero attached hydrogens (tertiary/aromatic N) is 2. The fourth-order valence-electron chi connectivity index (χ4n) is 0.544. The number of hydrogen-bond acceptors (Lipinski definition) is 2. The minimum atomic E-state index is -4.41. The minimum absolute atomic E-state index is 0.0108. The van der Waals surface area contributed by atoms with Gasteiger partial charge in [-0.15, -0.1) is 0 Å². The largest absolute Gasteiger partial charge is 0.434 e. The summed E-state index contributed by atoms with van der Waals surface area (Å²) in [7, 11) is 0. The lowest BCUT2D eigenvalue weighted by molar-refractivity contribution is -0.142. The predicted octanol–water partition coefficient (Wildman–Crippen LogP) is 2.86. The highest BCUT2D eigenvalue weighted by atomic mass is 127. The zero-order chi connectivity index (χ0) is 9.35. The average molecular weight is 353 g/mol. The molecule has 0 saturated carbocycles. The van der Waals surface area contributed by atoms with E-state index in [4.69, 9.17) is 0 Å².